The van der Waals surface area contributed by atoms with Crippen molar-refractivity contribution in [1.82, 2.24) is 0 Å². The molecule has 0 heterocycles. The fourth-order valence-corrected chi connectivity index (χ4v) is 2.14. The number of amides is 2. The van der Waals surface area contributed by atoms with Gasteiger partial charge in [0.15, 0.2) is 0 Å². The number of carbonyl (C=O) groups is 1. The highest BCUT2D eigenvalue weighted by molar-refractivity contribution is 9.10. The summed E-state index contributed by atoms with van der Waals surface area (Å²) in [5.41, 5.74) is 4.91. The molecule has 0 atom stereocenters. The Labute approximate surface area is 127 Å². The minimum absolute atomic E-state index is 0.236. The van der Waals surface area contributed by atoms with Crippen molar-refractivity contribution in [2.45, 2.75) is 20.8 Å². The average molecular weight is 333 g/mol. The minimum atomic E-state index is -0.236. The van der Waals surface area contributed by atoms with Crippen molar-refractivity contribution in [3.05, 3.63) is 57.6 Å². The van der Waals surface area contributed by atoms with E-state index in [1.165, 1.54) is 0 Å². The highest BCUT2D eigenvalue weighted by atomic mass is 79.9. The van der Waals surface area contributed by atoms with E-state index in [1.807, 2.05) is 57.2 Å². The number of hydrogen-bond donors (Lipinski definition) is 2. The van der Waals surface area contributed by atoms with Crippen molar-refractivity contribution in [3.8, 4) is 0 Å². The van der Waals surface area contributed by atoms with Gasteiger partial charge in [-0.2, -0.15) is 0 Å². The van der Waals surface area contributed by atoms with Gasteiger partial charge in [-0.1, -0.05) is 28.1 Å². The molecule has 2 rings (SSSR count). The molecular weight excluding hydrogens is 316 g/mol. The molecule has 3 nitrogen and oxygen atoms in total. The molecule has 0 bridgehead atoms. The summed E-state index contributed by atoms with van der Waals surface area (Å²) in [5, 5.41) is 5.71. The quantitative estimate of drug-likeness (QED) is 0.796. The first-order valence-electron chi connectivity index (χ1n) is 6.38. The van der Waals surface area contributed by atoms with E-state index >= 15 is 0 Å². The van der Waals surface area contributed by atoms with Crippen LogP contribution in [-0.4, -0.2) is 6.03 Å². The Morgan fingerprint density at radius 2 is 1.75 bits per heavy atom. The van der Waals surface area contributed by atoms with Crippen molar-refractivity contribution in [2.75, 3.05) is 10.6 Å². The maximum absolute atomic E-state index is 12.0. The maximum Gasteiger partial charge on any atom is 0.323 e. The molecule has 0 saturated carbocycles. The van der Waals surface area contributed by atoms with Gasteiger partial charge in [0.1, 0.15) is 0 Å². The van der Waals surface area contributed by atoms with Crippen molar-refractivity contribution in [1.29, 1.82) is 0 Å². The number of nitrogens with one attached hydrogen (secondary N) is 2. The molecule has 4 heteroatoms. The lowest BCUT2D eigenvalue weighted by Crippen LogP contribution is -2.20. The van der Waals surface area contributed by atoms with E-state index < -0.39 is 0 Å². The molecule has 2 aromatic carbocycles. The van der Waals surface area contributed by atoms with Crippen molar-refractivity contribution >= 4 is 33.3 Å². The Bertz CT molecular complexity index is 653. The van der Waals surface area contributed by atoms with Gasteiger partial charge in [0.25, 0.3) is 0 Å². The zero-order chi connectivity index (χ0) is 14.7. The molecule has 0 aliphatic carbocycles. The second-order valence-corrected chi connectivity index (χ2v) is 5.64. The number of urea groups is 1. The lowest BCUT2D eigenvalue weighted by molar-refractivity contribution is 0.262. The summed E-state index contributed by atoms with van der Waals surface area (Å²) in [4.78, 5) is 12.0. The van der Waals surface area contributed by atoms with Crippen LogP contribution >= 0.6 is 15.9 Å². The third kappa shape index (κ3) is 3.39. The summed E-state index contributed by atoms with van der Waals surface area (Å²) in [6.45, 7) is 6.00. The van der Waals surface area contributed by atoms with Gasteiger partial charge in [-0.25, -0.2) is 4.79 Å². The number of rotatable bonds is 2. The Balaban J connectivity index is 2.09. The Morgan fingerprint density at radius 3 is 2.45 bits per heavy atom. The van der Waals surface area contributed by atoms with Crippen molar-refractivity contribution in [3.63, 3.8) is 0 Å². The Kier molecular flexibility index (Phi) is 4.45. The van der Waals surface area contributed by atoms with Crippen LogP contribution in [0.1, 0.15) is 16.7 Å². The molecule has 20 heavy (non-hydrogen) atoms. The average Bonchev–Trinajstić information content (AvgIpc) is 2.39. The number of hydrogen-bond acceptors (Lipinski definition) is 1. The smallest absolute Gasteiger partial charge is 0.308 e. The largest absolute Gasteiger partial charge is 0.323 e. The zero-order valence-corrected chi connectivity index (χ0v) is 13.3. The SMILES string of the molecule is Cc1cc(NC(=O)Nc2cccc(C)c2C)ccc1Br. The molecule has 104 valence electrons. The van der Waals surface area contributed by atoms with Gasteiger partial charge >= 0.3 is 6.03 Å². The molecule has 0 radical (unpaired) electrons. The van der Waals surface area contributed by atoms with Crippen LogP contribution in [-0.2, 0) is 0 Å². The van der Waals surface area contributed by atoms with Gasteiger partial charge < -0.3 is 10.6 Å². The lowest BCUT2D eigenvalue weighted by atomic mass is 10.1. The zero-order valence-electron chi connectivity index (χ0n) is 11.8. The van der Waals surface area contributed by atoms with E-state index in [-0.39, 0.29) is 6.03 Å². The molecule has 0 spiro atoms. The highest BCUT2D eigenvalue weighted by Gasteiger charge is 2.06. The highest BCUT2D eigenvalue weighted by Crippen LogP contribution is 2.21. The first-order valence-corrected chi connectivity index (χ1v) is 7.17. The summed E-state index contributed by atoms with van der Waals surface area (Å²) >= 11 is 3.44. The summed E-state index contributed by atoms with van der Waals surface area (Å²) in [6.07, 6.45) is 0. The van der Waals surface area contributed by atoms with Crippen LogP contribution in [0.5, 0.6) is 0 Å². The first kappa shape index (κ1) is 14.6. The summed E-state index contributed by atoms with van der Waals surface area (Å²) in [6, 6.07) is 11.3. The van der Waals surface area contributed by atoms with Gasteiger partial charge in [-0.05, 0) is 61.7 Å². The molecule has 2 N–H and O–H groups in total. The third-order valence-electron chi connectivity index (χ3n) is 3.27. The Morgan fingerprint density at radius 1 is 1.00 bits per heavy atom. The normalized spacial score (nSPS) is 10.2. The molecule has 0 fully saturated rings. The van der Waals surface area contributed by atoms with Gasteiger partial charge in [-0.3, -0.25) is 0 Å². The summed E-state index contributed by atoms with van der Waals surface area (Å²) < 4.78 is 1.03. The molecule has 0 aromatic heterocycles. The molecule has 0 aliphatic heterocycles. The number of benzene rings is 2. The molecule has 0 unspecified atom stereocenters. The standard InChI is InChI=1S/C16H17BrN2O/c1-10-5-4-6-15(12(10)3)19-16(20)18-13-7-8-14(17)11(2)9-13/h4-9H,1-3H3,(H2,18,19,20). The van der Waals surface area contributed by atoms with Crippen LogP contribution in [0.15, 0.2) is 40.9 Å². The van der Waals surface area contributed by atoms with E-state index in [4.69, 9.17) is 0 Å². The van der Waals surface area contributed by atoms with E-state index in [0.29, 0.717) is 0 Å². The monoisotopic (exact) mass is 332 g/mol. The second-order valence-electron chi connectivity index (χ2n) is 4.79. The van der Waals surface area contributed by atoms with Crippen LogP contribution in [0.2, 0.25) is 0 Å². The summed E-state index contributed by atoms with van der Waals surface area (Å²) in [5.74, 6) is 0. The number of aryl methyl sites for hydroxylation is 2. The van der Waals surface area contributed by atoms with Crippen molar-refractivity contribution in [2.24, 2.45) is 0 Å². The fourth-order valence-electron chi connectivity index (χ4n) is 1.89. The van der Waals surface area contributed by atoms with Gasteiger partial charge in [0.05, 0.1) is 0 Å². The molecule has 2 aromatic rings. The molecule has 2 amide bonds. The summed E-state index contributed by atoms with van der Waals surface area (Å²) in [7, 11) is 0. The van der Waals surface area contributed by atoms with E-state index in [2.05, 4.69) is 26.6 Å². The fraction of sp³-hybridized carbons (Fsp3) is 0.188. The lowest BCUT2D eigenvalue weighted by Gasteiger charge is -2.12. The minimum Gasteiger partial charge on any atom is -0.308 e. The van der Waals surface area contributed by atoms with E-state index in [1.54, 1.807) is 0 Å². The maximum atomic E-state index is 12.0. The topological polar surface area (TPSA) is 41.1 Å². The van der Waals surface area contributed by atoms with Crippen LogP contribution in [0.25, 0.3) is 0 Å². The van der Waals surface area contributed by atoms with Crippen LogP contribution in [0, 0.1) is 20.8 Å². The molecule has 0 aliphatic rings. The molecule has 0 saturated heterocycles. The molecular formula is C16H17BrN2O. The van der Waals surface area contributed by atoms with Crippen LogP contribution in [0.4, 0.5) is 16.2 Å². The van der Waals surface area contributed by atoms with E-state index in [9.17, 15) is 4.79 Å². The van der Waals surface area contributed by atoms with Gasteiger partial charge in [-0.15, -0.1) is 0 Å². The number of anilines is 2. The van der Waals surface area contributed by atoms with Crippen LogP contribution in [0.3, 0.4) is 0 Å². The third-order valence-corrected chi connectivity index (χ3v) is 4.16. The number of carbonyl (C=O) groups excluding carboxylic acids is 1. The predicted octanol–water partition coefficient (Wildman–Crippen LogP) is 5.02. The first-order chi connectivity index (χ1) is 9.47. The van der Waals surface area contributed by atoms with Gasteiger partial charge in [0, 0.05) is 15.8 Å². The van der Waals surface area contributed by atoms with Crippen molar-refractivity contribution < 1.29 is 4.79 Å². The van der Waals surface area contributed by atoms with Crippen LogP contribution < -0.4 is 10.6 Å². The second kappa shape index (κ2) is 6.09. The number of halogens is 1. The predicted molar refractivity (Wildman–Crippen MR) is 87.4 cm³/mol. The van der Waals surface area contributed by atoms with E-state index in [0.717, 1.165) is 32.5 Å². The van der Waals surface area contributed by atoms with Gasteiger partial charge in [0.2, 0.25) is 0 Å². The Hall–Kier alpha value is -1.81.